The molecule has 2 unspecified atom stereocenters. The molecule has 2 aliphatic heterocycles. The van der Waals surface area contributed by atoms with Crippen molar-refractivity contribution in [1.29, 1.82) is 0 Å². The second kappa shape index (κ2) is 7.02. The number of benzene rings is 2. The van der Waals surface area contributed by atoms with Gasteiger partial charge in [0.25, 0.3) is 5.67 Å². The SMILES string of the molecule is C[N+]1(C)C2C=CC1CC(OC(=O)C(F)(c1ccc(F)cc1)c1ccc(F)cc1)C2. The van der Waals surface area contributed by atoms with Crippen molar-refractivity contribution in [2.24, 2.45) is 0 Å². The first-order valence-corrected chi connectivity index (χ1v) is 9.65. The molecule has 1 saturated heterocycles. The molecule has 0 aromatic heterocycles. The minimum absolute atomic E-state index is 0.0523. The Balaban J connectivity index is 1.64. The molecule has 0 N–H and O–H groups in total. The van der Waals surface area contributed by atoms with Crippen LogP contribution >= 0.6 is 0 Å². The van der Waals surface area contributed by atoms with Crippen LogP contribution in [-0.4, -0.2) is 42.7 Å². The molecular weight excluding hydrogens is 379 g/mol. The van der Waals surface area contributed by atoms with Gasteiger partial charge in [-0.1, -0.05) is 24.3 Å². The zero-order valence-electron chi connectivity index (χ0n) is 16.3. The highest BCUT2D eigenvalue weighted by atomic mass is 19.1. The number of quaternary nitrogens is 1. The number of alkyl halides is 1. The lowest BCUT2D eigenvalue weighted by atomic mass is 9.87. The minimum Gasteiger partial charge on any atom is -0.459 e. The van der Waals surface area contributed by atoms with Crippen molar-refractivity contribution < 1.29 is 27.2 Å². The number of rotatable bonds is 4. The molecule has 0 spiro atoms. The van der Waals surface area contributed by atoms with E-state index in [1.54, 1.807) is 0 Å². The van der Waals surface area contributed by atoms with Crippen LogP contribution in [-0.2, 0) is 15.2 Å². The van der Waals surface area contributed by atoms with E-state index in [4.69, 9.17) is 4.74 Å². The maximum atomic E-state index is 16.3. The summed E-state index contributed by atoms with van der Waals surface area (Å²) in [5, 5.41) is 0. The van der Waals surface area contributed by atoms with E-state index in [0.717, 1.165) is 28.7 Å². The molecule has 6 heteroatoms. The molecule has 0 aliphatic carbocycles. The Labute approximate surface area is 168 Å². The van der Waals surface area contributed by atoms with Crippen molar-refractivity contribution in [2.45, 2.75) is 36.7 Å². The molecule has 2 aromatic rings. The highest BCUT2D eigenvalue weighted by Gasteiger charge is 2.50. The molecule has 3 nitrogen and oxygen atoms in total. The first kappa shape index (κ1) is 19.7. The Kier molecular flexibility index (Phi) is 4.77. The number of ether oxygens (including phenoxy) is 1. The zero-order valence-corrected chi connectivity index (χ0v) is 16.3. The van der Waals surface area contributed by atoms with Gasteiger partial charge in [-0.3, -0.25) is 0 Å². The lowest BCUT2D eigenvalue weighted by Gasteiger charge is -2.44. The van der Waals surface area contributed by atoms with Crippen LogP contribution in [0.1, 0.15) is 24.0 Å². The summed E-state index contributed by atoms with van der Waals surface area (Å²) in [5.41, 5.74) is -2.76. The number of hydrogen-bond acceptors (Lipinski definition) is 2. The van der Waals surface area contributed by atoms with Crippen LogP contribution in [0.15, 0.2) is 60.7 Å². The number of likely N-dealkylation sites (N-methyl/N-ethyl adjacent to an activating group) is 1. The monoisotopic (exact) mass is 402 g/mol. The van der Waals surface area contributed by atoms with Gasteiger partial charge in [-0.05, 0) is 36.4 Å². The topological polar surface area (TPSA) is 26.3 Å². The van der Waals surface area contributed by atoms with E-state index in [0.29, 0.717) is 12.8 Å². The number of carbonyl (C=O) groups is 1. The summed E-state index contributed by atoms with van der Waals surface area (Å²) in [6.45, 7) is 0. The third-order valence-electron chi connectivity index (χ3n) is 6.31. The van der Waals surface area contributed by atoms with Crippen molar-refractivity contribution in [1.82, 2.24) is 0 Å². The highest BCUT2D eigenvalue weighted by Crippen LogP contribution is 2.40. The van der Waals surface area contributed by atoms with Gasteiger partial charge in [0, 0.05) is 24.0 Å². The Bertz CT molecular complexity index is 874. The summed E-state index contributed by atoms with van der Waals surface area (Å²) < 4.78 is 49.5. The second-order valence-electron chi connectivity index (χ2n) is 8.32. The standard InChI is InChI=1S/C23H23F3NO2/c1-27(2)19-11-12-20(27)14-21(13-19)29-22(28)23(26,15-3-7-17(24)8-4-15)16-5-9-18(25)10-6-16/h3-12,19-21H,13-14H2,1-2H3/q+1. The number of piperidine rings is 1. The van der Waals surface area contributed by atoms with Crippen LogP contribution in [0.3, 0.4) is 0 Å². The Morgan fingerprint density at radius 1 is 0.897 bits per heavy atom. The Morgan fingerprint density at radius 3 is 1.72 bits per heavy atom. The highest BCUT2D eigenvalue weighted by molar-refractivity contribution is 5.85. The quantitative estimate of drug-likeness (QED) is 0.434. The normalized spacial score (nSPS) is 25.1. The fourth-order valence-corrected chi connectivity index (χ4v) is 4.37. The van der Waals surface area contributed by atoms with Gasteiger partial charge in [-0.15, -0.1) is 0 Å². The van der Waals surface area contributed by atoms with Crippen molar-refractivity contribution in [3.05, 3.63) is 83.4 Å². The predicted octanol–water partition coefficient (Wildman–Crippen LogP) is 4.27. The number of carbonyl (C=O) groups excluding carboxylic acids is 1. The molecule has 0 saturated carbocycles. The summed E-state index contributed by atoms with van der Waals surface area (Å²) in [7, 11) is 4.26. The maximum absolute atomic E-state index is 16.3. The molecular formula is C23H23F3NO2+. The van der Waals surface area contributed by atoms with E-state index in [1.807, 2.05) is 0 Å². The molecule has 29 heavy (non-hydrogen) atoms. The average Bonchev–Trinajstić information content (AvgIpc) is 2.85. The van der Waals surface area contributed by atoms with Crippen LogP contribution in [0.5, 0.6) is 0 Å². The average molecular weight is 402 g/mol. The Morgan fingerprint density at radius 2 is 1.31 bits per heavy atom. The summed E-state index contributed by atoms with van der Waals surface area (Å²) in [4.78, 5) is 13.1. The number of hydrogen-bond donors (Lipinski definition) is 0. The molecule has 2 heterocycles. The van der Waals surface area contributed by atoms with Crippen LogP contribution in [0.25, 0.3) is 0 Å². The number of halogens is 3. The van der Waals surface area contributed by atoms with E-state index in [1.165, 1.54) is 24.3 Å². The van der Waals surface area contributed by atoms with Gasteiger partial charge in [0.15, 0.2) is 0 Å². The van der Waals surface area contributed by atoms with Crippen molar-refractivity contribution in [2.75, 3.05) is 14.1 Å². The Hall–Kier alpha value is -2.60. The third kappa shape index (κ3) is 3.35. The van der Waals surface area contributed by atoms with Gasteiger partial charge in [0.2, 0.25) is 0 Å². The van der Waals surface area contributed by atoms with Crippen LogP contribution < -0.4 is 0 Å². The van der Waals surface area contributed by atoms with Crippen molar-refractivity contribution in [3.8, 4) is 0 Å². The van der Waals surface area contributed by atoms with E-state index in [9.17, 15) is 13.6 Å². The molecule has 2 bridgehead atoms. The second-order valence-corrected chi connectivity index (χ2v) is 8.32. The summed E-state index contributed by atoms with van der Waals surface area (Å²) in [6.07, 6.45) is 5.04. The first-order valence-electron chi connectivity index (χ1n) is 9.65. The lowest BCUT2D eigenvalue weighted by Crippen LogP contribution is -2.57. The maximum Gasteiger partial charge on any atom is 0.353 e. The molecule has 152 valence electrons. The summed E-state index contributed by atoms with van der Waals surface area (Å²) >= 11 is 0. The predicted molar refractivity (Wildman–Crippen MR) is 103 cm³/mol. The van der Waals surface area contributed by atoms with E-state index < -0.39 is 29.4 Å². The molecule has 2 aliphatic rings. The number of nitrogens with zero attached hydrogens (tertiary/aromatic N) is 1. The van der Waals surface area contributed by atoms with Gasteiger partial charge >= 0.3 is 5.97 Å². The zero-order chi connectivity index (χ0) is 20.8. The van der Waals surface area contributed by atoms with Gasteiger partial charge < -0.3 is 9.22 Å². The van der Waals surface area contributed by atoms with Crippen LogP contribution in [0, 0.1) is 11.6 Å². The van der Waals surface area contributed by atoms with E-state index in [-0.39, 0.29) is 23.2 Å². The molecule has 4 rings (SSSR count). The van der Waals surface area contributed by atoms with Crippen LogP contribution in [0.2, 0.25) is 0 Å². The summed E-state index contributed by atoms with van der Waals surface area (Å²) in [5.74, 6) is -2.15. The summed E-state index contributed by atoms with van der Waals surface area (Å²) in [6, 6.07) is 9.62. The first-order chi connectivity index (χ1) is 13.7. The van der Waals surface area contributed by atoms with Gasteiger partial charge in [0.1, 0.15) is 29.8 Å². The number of esters is 1. The van der Waals surface area contributed by atoms with E-state index >= 15 is 4.39 Å². The van der Waals surface area contributed by atoms with Crippen molar-refractivity contribution in [3.63, 3.8) is 0 Å². The smallest absolute Gasteiger partial charge is 0.353 e. The minimum atomic E-state index is -2.66. The van der Waals surface area contributed by atoms with E-state index in [2.05, 4.69) is 26.2 Å². The number of fused-ring (bicyclic) bond motifs is 2. The molecule has 0 radical (unpaired) electrons. The molecule has 0 amide bonds. The molecule has 1 fully saturated rings. The van der Waals surface area contributed by atoms with Crippen LogP contribution in [0.4, 0.5) is 13.2 Å². The fourth-order valence-electron chi connectivity index (χ4n) is 4.37. The van der Waals surface area contributed by atoms with Crippen molar-refractivity contribution >= 4 is 5.97 Å². The van der Waals surface area contributed by atoms with Gasteiger partial charge in [0.05, 0.1) is 14.1 Å². The van der Waals surface area contributed by atoms with Gasteiger partial charge in [-0.2, -0.15) is 0 Å². The lowest BCUT2D eigenvalue weighted by molar-refractivity contribution is -0.926. The molecule has 2 aromatic carbocycles. The third-order valence-corrected chi connectivity index (χ3v) is 6.31. The largest absolute Gasteiger partial charge is 0.459 e. The molecule has 2 atom stereocenters. The fraction of sp³-hybridized carbons (Fsp3) is 0.348. The van der Waals surface area contributed by atoms with Gasteiger partial charge in [-0.25, -0.2) is 18.0 Å².